The number of nitrogens with one attached hydrogen (secondary N) is 3. The van der Waals surface area contributed by atoms with Gasteiger partial charge in [0.15, 0.2) is 0 Å². The van der Waals surface area contributed by atoms with Crippen LogP contribution in [0.3, 0.4) is 0 Å². The third kappa shape index (κ3) is 2.96. The number of carbonyl (C=O) groups is 1. The number of amides is 2. The highest BCUT2D eigenvalue weighted by molar-refractivity contribution is 5.92. The molecule has 0 saturated heterocycles. The Morgan fingerprint density at radius 1 is 1.32 bits per heavy atom. The third-order valence-electron chi connectivity index (χ3n) is 2.65. The molecular formula is C13H18N4O2. The quantitative estimate of drug-likeness (QED) is 0.732. The van der Waals surface area contributed by atoms with Crippen LogP contribution in [0.2, 0.25) is 0 Å². The van der Waals surface area contributed by atoms with Gasteiger partial charge < -0.3 is 15.6 Å². The zero-order chi connectivity index (χ0) is 14.2. The molecule has 0 aliphatic heterocycles. The van der Waals surface area contributed by atoms with Gasteiger partial charge in [0, 0.05) is 18.3 Å². The van der Waals surface area contributed by atoms with Crippen LogP contribution in [0, 0.1) is 0 Å². The molecule has 0 bridgehead atoms. The van der Waals surface area contributed by atoms with E-state index in [1.54, 1.807) is 25.2 Å². The van der Waals surface area contributed by atoms with Gasteiger partial charge in [-0.3, -0.25) is 4.57 Å². The Labute approximate surface area is 110 Å². The normalized spacial score (nSPS) is 11.6. The number of nitrogens with zero attached hydrogens (tertiary/aromatic N) is 1. The van der Waals surface area contributed by atoms with Crippen LogP contribution in [-0.2, 0) is 7.05 Å². The summed E-state index contributed by atoms with van der Waals surface area (Å²) >= 11 is 0. The van der Waals surface area contributed by atoms with Crippen LogP contribution >= 0.6 is 0 Å². The molecule has 0 atom stereocenters. The minimum absolute atomic E-state index is 0.175. The van der Waals surface area contributed by atoms with E-state index in [4.69, 9.17) is 0 Å². The molecule has 0 saturated carbocycles. The molecule has 3 N–H and O–H groups in total. The van der Waals surface area contributed by atoms with Gasteiger partial charge in [0.05, 0.1) is 11.0 Å². The average molecular weight is 262 g/mol. The summed E-state index contributed by atoms with van der Waals surface area (Å²) in [4.78, 5) is 25.9. The molecule has 1 aromatic heterocycles. The lowest BCUT2D eigenvalue weighted by Gasteiger charge is -2.20. The number of aryl methyl sites for hydroxylation is 1. The highest BCUT2D eigenvalue weighted by atomic mass is 16.2. The SMILES string of the molecule is Cn1c(=O)[nH]c2cc(NC(=O)NC(C)(C)C)ccc21. The van der Waals surface area contributed by atoms with Crippen LogP contribution < -0.4 is 16.3 Å². The van der Waals surface area contributed by atoms with E-state index in [1.165, 1.54) is 4.57 Å². The van der Waals surface area contributed by atoms with E-state index in [1.807, 2.05) is 20.8 Å². The lowest BCUT2D eigenvalue weighted by Crippen LogP contribution is -2.43. The molecule has 1 aromatic carbocycles. The lowest BCUT2D eigenvalue weighted by atomic mass is 10.1. The molecule has 6 nitrogen and oxygen atoms in total. The van der Waals surface area contributed by atoms with Crippen LogP contribution in [0.5, 0.6) is 0 Å². The van der Waals surface area contributed by atoms with Gasteiger partial charge in [-0.2, -0.15) is 0 Å². The molecule has 2 aromatic rings. The van der Waals surface area contributed by atoms with Gasteiger partial charge in [0.2, 0.25) is 0 Å². The van der Waals surface area contributed by atoms with Crippen LogP contribution in [0.4, 0.5) is 10.5 Å². The van der Waals surface area contributed by atoms with Crippen LogP contribution in [0.15, 0.2) is 23.0 Å². The van der Waals surface area contributed by atoms with Gasteiger partial charge in [0.1, 0.15) is 0 Å². The lowest BCUT2D eigenvalue weighted by molar-refractivity contribution is 0.244. The third-order valence-corrected chi connectivity index (χ3v) is 2.65. The number of urea groups is 1. The molecule has 0 aliphatic rings. The maximum Gasteiger partial charge on any atom is 0.326 e. The van der Waals surface area contributed by atoms with Crippen LogP contribution in [0.1, 0.15) is 20.8 Å². The molecule has 2 rings (SSSR count). The summed E-state index contributed by atoms with van der Waals surface area (Å²) in [6, 6.07) is 5.02. The van der Waals surface area contributed by atoms with Crippen molar-refractivity contribution in [1.82, 2.24) is 14.9 Å². The van der Waals surface area contributed by atoms with Crippen molar-refractivity contribution in [1.29, 1.82) is 0 Å². The topological polar surface area (TPSA) is 78.9 Å². The van der Waals surface area contributed by atoms with Crippen molar-refractivity contribution in [2.24, 2.45) is 7.05 Å². The molecule has 2 amide bonds. The number of carbonyl (C=O) groups excluding carboxylic acids is 1. The largest absolute Gasteiger partial charge is 0.333 e. The molecule has 0 radical (unpaired) electrons. The maximum absolute atomic E-state index is 11.7. The van der Waals surface area contributed by atoms with E-state index >= 15 is 0 Å². The Balaban J connectivity index is 2.23. The minimum Gasteiger partial charge on any atom is -0.333 e. The number of rotatable bonds is 1. The van der Waals surface area contributed by atoms with E-state index in [0.717, 1.165) is 5.52 Å². The first-order chi connectivity index (χ1) is 8.76. The standard InChI is InChI=1S/C13H18N4O2/c1-13(2,3)16-11(18)14-8-5-6-10-9(7-8)15-12(19)17(10)4/h5-7H,1-4H3,(H,15,19)(H2,14,16,18). The van der Waals surface area contributed by atoms with E-state index < -0.39 is 0 Å². The van der Waals surface area contributed by atoms with Crippen molar-refractivity contribution in [3.8, 4) is 0 Å². The van der Waals surface area contributed by atoms with E-state index in [-0.39, 0.29) is 17.3 Å². The highest BCUT2D eigenvalue weighted by Crippen LogP contribution is 2.16. The molecule has 19 heavy (non-hydrogen) atoms. The molecule has 1 heterocycles. The summed E-state index contributed by atoms with van der Waals surface area (Å²) in [6.07, 6.45) is 0. The second-order valence-electron chi connectivity index (χ2n) is 5.55. The summed E-state index contributed by atoms with van der Waals surface area (Å²) in [5, 5.41) is 5.54. The van der Waals surface area contributed by atoms with Crippen molar-refractivity contribution in [2.75, 3.05) is 5.32 Å². The van der Waals surface area contributed by atoms with Gasteiger partial charge >= 0.3 is 11.7 Å². The van der Waals surface area contributed by atoms with Crippen LogP contribution in [0.25, 0.3) is 11.0 Å². The fourth-order valence-electron chi connectivity index (χ4n) is 1.82. The molecular weight excluding hydrogens is 244 g/mol. The Morgan fingerprint density at radius 3 is 2.63 bits per heavy atom. The number of H-pyrrole nitrogens is 1. The molecule has 6 heteroatoms. The first kappa shape index (κ1) is 13.2. The fraction of sp³-hybridized carbons (Fsp3) is 0.385. The van der Waals surface area contributed by atoms with E-state index in [2.05, 4.69) is 15.6 Å². The van der Waals surface area contributed by atoms with Crippen LogP contribution in [-0.4, -0.2) is 21.1 Å². The number of aromatic amines is 1. The predicted octanol–water partition coefficient (Wildman–Crippen LogP) is 1.79. The Bertz CT molecular complexity index is 676. The van der Waals surface area contributed by atoms with Gasteiger partial charge in [0.25, 0.3) is 0 Å². The van der Waals surface area contributed by atoms with Gasteiger partial charge in [-0.25, -0.2) is 9.59 Å². The molecule has 0 spiro atoms. The van der Waals surface area contributed by atoms with Crippen molar-refractivity contribution in [2.45, 2.75) is 26.3 Å². The summed E-state index contributed by atoms with van der Waals surface area (Å²) in [6.45, 7) is 5.72. The number of imidazole rings is 1. The molecule has 0 fully saturated rings. The number of hydrogen-bond donors (Lipinski definition) is 3. The van der Waals surface area contributed by atoms with E-state index in [0.29, 0.717) is 11.2 Å². The smallest absolute Gasteiger partial charge is 0.326 e. The number of fused-ring (bicyclic) bond motifs is 1. The second-order valence-corrected chi connectivity index (χ2v) is 5.55. The number of benzene rings is 1. The number of aromatic nitrogens is 2. The van der Waals surface area contributed by atoms with Crippen molar-refractivity contribution in [3.05, 3.63) is 28.7 Å². The van der Waals surface area contributed by atoms with Crippen molar-refractivity contribution >= 4 is 22.8 Å². The van der Waals surface area contributed by atoms with E-state index in [9.17, 15) is 9.59 Å². The zero-order valence-electron chi connectivity index (χ0n) is 11.5. The Kier molecular flexibility index (Phi) is 3.09. The summed E-state index contributed by atoms with van der Waals surface area (Å²) in [7, 11) is 1.70. The highest BCUT2D eigenvalue weighted by Gasteiger charge is 2.13. The monoisotopic (exact) mass is 262 g/mol. The molecule has 102 valence electrons. The Hall–Kier alpha value is -2.24. The average Bonchev–Trinajstić information content (AvgIpc) is 2.51. The first-order valence-electron chi connectivity index (χ1n) is 6.04. The second kappa shape index (κ2) is 4.46. The number of hydrogen-bond acceptors (Lipinski definition) is 2. The predicted molar refractivity (Wildman–Crippen MR) is 75.4 cm³/mol. The van der Waals surface area contributed by atoms with Gasteiger partial charge in [-0.1, -0.05) is 0 Å². The fourth-order valence-corrected chi connectivity index (χ4v) is 1.82. The summed E-state index contributed by atoms with van der Waals surface area (Å²) in [5.41, 5.74) is 1.66. The molecule has 0 unspecified atom stereocenters. The maximum atomic E-state index is 11.7. The van der Waals surface area contributed by atoms with Crippen molar-refractivity contribution in [3.63, 3.8) is 0 Å². The Morgan fingerprint density at radius 2 is 2.00 bits per heavy atom. The van der Waals surface area contributed by atoms with Crippen molar-refractivity contribution < 1.29 is 4.79 Å². The van der Waals surface area contributed by atoms with Gasteiger partial charge in [-0.05, 0) is 39.0 Å². The zero-order valence-corrected chi connectivity index (χ0v) is 11.5. The molecule has 0 aliphatic carbocycles. The summed E-state index contributed by atoms with van der Waals surface area (Å²) in [5.74, 6) is 0. The first-order valence-corrected chi connectivity index (χ1v) is 6.04. The number of anilines is 1. The minimum atomic E-state index is -0.296. The van der Waals surface area contributed by atoms with Gasteiger partial charge in [-0.15, -0.1) is 0 Å². The summed E-state index contributed by atoms with van der Waals surface area (Å²) < 4.78 is 1.52.